The van der Waals surface area contributed by atoms with E-state index in [0.717, 1.165) is 17.0 Å². The maximum absolute atomic E-state index is 12.0. The number of carbonyl (C=O) groups excluding carboxylic acids is 1. The van der Waals surface area contributed by atoms with Crippen molar-refractivity contribution in [2.24, 2.45) is 0 Å². The maximum Gasteiger partial charge on any atom is 0.246 e. The molecule has 1 amide bonds. The van der Waals surface area contributed by atoms with Crippen molar-refractivity contribution < 1.29 is 4.79 Å². The Bertz CT molecular complexity index is 663. The molecule has 1 aromatic carbocycles. The minimum atomic E-state index is -0.178. The van der Waals surface area contributed by atoms with Crippen LogP contribution >= 0.6 is 11.6 Å². The molecule has 0 saturated heterocycles. The van der Waals surface area contributed by atoms with E-state index in [1.54, 1.807) is 22.9 Å². The highest BCUT2D eigenvalue weighted by Crippen LogP contribution is 2.24. The van der Waals surface area contributed by atoms with Crippen LogP contribution in [0.25, 0.3) is 0 Å². The van der Waals surface area contributed by atoms with E-state index in [2.05, 4.69) is 10.4 Å². The fraction of sp³-hybridized carbons (Fsp3) is 0.286. The zero-order valence-electron chi connectivity index (χ0n) is 11.7. The fourth-order valence-electron chi connectivity index (χ4n) is 1.90. The lowest BCUT2D eigenvalue weighted by Crippen LogP contribution is -2.20. The lowest BCUT2D eigenvalue weighted by molar-refractivity contribution is -0.116. The van der Waals surface area contributed by atoms with Crippen molar-refractivity contribution in [3.05, 3.63) is 40.2 Å². The molecule has 0 radical (unpaired) electrons. The number of amides is 1. The summed E-state index contributed by atoms with van der Waals surface area (Å²) in [6, 6.07) is 4.97. The standard InChI is InChI=1S/C14H17ClN4O/c1-8-9(2)18-19(10(8)3)7-14(20)17-13-5-4-11(16)6-12(13)15/h4-6H,7,16H2,1-3H3,(H,17,20). The van der Waals surface area contributed by atoms with Gasteiger partial charge in [-0.15, -0.1) is 0 Å². The molecule has 0 fully saturated rings. The Kier molecular flexibility index (Phi) is 3.99. The Hall–Kier alpha value is -2.01. The van der Waals surface area contributed by atoms with Gasteiger partial charge < -0.3 is 11.1 Å². The molecule has 0 atom stereocenters. The summed E-state index contributed by atoms with van der Waals surface area (Å²) in [4.78, 5) is 12.0. The van der Waals surface area contributed by atoms with Gasteiger partial charge in [0.25, 0.3) is 0 Å². The van der Waals surface area contributed by atoms with Crippen molar-refractivity contribution in [2.75, 3.05) is 11.1 Å². The van der Waals surface area contributed by atoms with Crippen LogP contribution in [0.5, 0.6) is 0 Å². The van der Waals surface area contributed by atoms with Gasteiger partial charge in [0.2, 0.25) is 5.91 Å². The summed E-state index contributed by atoms with van der Waals surface area (Å²) in [6.07, 6.45) is 0. The molecule has 0 bridgehead atoms. The number of aryl methyl sites for hydroxylation is 1. The maximum atomic E-state index is 12.0. The predicted molar refractivity (Wildman–Crippen MR) is 80.9 cm³/mol. The number of benzene rings is 1. The molecule has 0 spiro atoms. The SMILES string of the molecule is Cc1nn(CC(=O)Nc2ccc(N)cc2Cl)c(C)c1C. The quantitative estimate of drug-likeness (QED) is 0.854. The van der Waals surface area contributed by atoms with E-state index in [0.29, 0.717) is 16.4 Å². The Labute approximate surface area is 122 Å². The third kappa shape index (κ3) is 2.93. The summed E-state index contributed by atoms with van der Waals surface area (Å²) < 4.78 is 1.69. The largest absolute Gasteiger partial charge is 0.399 e. The number of nitrogens with two attached hydrogens (primary N) is 1. The molecular weight excluding hydrogens is 276 g/mol. The van der Waals surface area contributed by atoms with Gasteiger partial charge in [0.15, 0.2) is 0 Å². The molecule has 1 heterocycles. The Morgan fingerprint density at radius 1 is 1.40 bits per heavy atom. The van der Waals surface area contributed by atoms with Crippen LogP contribution in [0.4, 0.5) is 11.4 Å². The molecule has 3 N–H and O–H groups in total. The minimum absolute atomic E-state index is 0.154. The fourth-order valence-corrected chi connectivity index (χ4v) is 2.14. The molecule has 20 heavy (non-hydrogen) atoms. The summed E-state index contributed by atoms with van der Waals surface area (Å²) >= 11 is 6.02. The van der Waals surface area contributed by atoms with Crippen molar-refractivity contribution in [1.29, 1.82) is 0 Å². The van der Waals surface area contributed by atoms with E-state index in [-0.39, 0.29) is 12.5 Å². The molecule has 0 saturated carbocycles. The summed E-state index contributed by atoms with van der Waals surface area (Å²) in [6.45, 7) is 6.01. The third-order valence-electron chi connectivity index (χ3n) is 3.30. The number of nitrogen functional groups attached to an aromatic ring is 1. The average Bonchev–Trinajstić information content (AvgIpc) is 2.61. The molecule has 0 aliphatic rings. The smallest absolute Gasteiger partial charge is 0.246 e. The molecule has 0 aliphatic carbocycles. The first-order valence-corrected chi connectivity index (χ1v) is 6.61. The second kappa shape index (κ2) is 5.54. The van der Waals surface area contributed by atoms with Gasteiger partial charge in [-0.1, -0.05) is 11.6 Å². The highest BCUT2D eigenvalue weighted by atomic mass is 35.5. The molecule has 6 heteroatoms. The van der Waals surface area contributed by atoms with Crippen molar-refractivity contribution in [3.63, 3.8) is 0 Å². The van der Waals surface area contributed by atoms with Gasteiger partial charge >= 0.3 is 0 Å². The van der Waals surface area contributed by atoms with Crippen molar-refractivity contribution in [2.45, 2.75) is 27.3 Å². The Balaban J connectivity index is 2.11. The van der Waals surface area contributed by atoms with Crippen LogP contribution in [-0.4, -0.2) is 15.7 Å². The summed E-state index contributed by atoms with van der Waals surface area (Å²) in [7, 11) is 0. The highest BCUT2D eigenvalue weighted by Gasteiger charge is 2.12. The number of anilines is 2. The molecule has 106 valence electrons. The van der Waals surface area contributed by atoms with E-state index >= 15 is 0 Å². The molecule has 2 aromatic rings. The third-order valence-corrected chi connectivity index (χ3v) is 3.62. The number of aromatic nitrogens is 2. The van der Waals surface area contributed by atoms with Gasteiger partial charge in [0, 0.05) is 11.4 Å². The predicted octanol–water partition coefficient (Wildman–Crippen LogP) is 2.68. The average molecular weight is 293 g/mol. The van der Waals surface area contributed by atoms with E-state index in [4.69, 9.17) is 17.3 Å². The molecule has 0 aliphatic heterocycles. The van der Waals surface area contributed by atoms with Crippen molar-refractivity contribution >= 4 is 28.9 Å². The van der Waals surface area contributed by atoms with Gasteiger partial charge in [-0.3, -0.25) is 9.48 Å². The second-order valence-corrected chi connectivity index (χ2v) is 5.15. The number of carbonyl (C=O) groups is 1. The highest BCUT2D eigenvalue weighted by molar-refractivity contribution is 6.34. The van der Waals surface area contributed by atoms with Crippen LogP contribution in [0.3, 0.4) is 0 Å². The summed E-state index contributed by atoms with van der Waals surface area (Å²) in [5.41, 5.74) is 9.73. The van der Waals surface area contributed by atoms with Crippen LogP contribution in [0.15, 0.2) is 18.2 Å². The number of hydrogen-bond donors (Lipinski definition) is 2. The van der Waals surface area contributed by atoms with E-state index in [9.17, 15) is 4.79 Å². The van der Waals surface area contributed by atoms with Crippen LogP contribution in [-0.2, 0) is 11.3 Å². The first-order chi connectivity index (χ1) is 9.38. The lowest BCUT2D eigenvalue weighted by atomic mass is 10.2. The second-order valence-electron chi connectivity index (χ2n) is 4.74. The topological polar surface area (TPSA) is 72.9 Å². The van der Waals surface area contributed by atoms with Crippen LogP contribution < -0.4 is 11.1 Å². The van der Waals surface area contributed by atoms with Gasteiger partial charge in [-0.25, -0.2) is 0 Å². The minimum Gasteiger partial charge on any atom is -0.399 e. The Morgan fingerprint density at radius 2 is 2.10 bits per heavy atom. The molecule has 2 rings (SSSR count). The number of hydrogen-bond acceptors (Lipinski definition) is 3. The van der Waals surface area contributed by atoms with E-state index in [1.165, 1.54) is 0 Å². The van der Waals surface area contributed by atoms with Gasteiger partial charge in [0.05, 0.1) is 16.4 Å². The zero-order chi connectivity index (χ0) is 14.9. The van der Waals surface area contributed by atoms with E-state index < -0.39 is 0 Å². The summed E-state index contributed by atoms with van der Waals surface area (Å²) in [5.74, 6) is -0.178. The first kappa shape index (κ1) is 14.4. The van der Waals surface area contributed by atoms with Crippen molar-refractivity contribution in [3.8, 4) is 0 Å². The molecular formula is C14H17ClN4O. The van der Waals surface area contributed by atoms with E-state index in [1.807, 2.05) is 20.8 Å². The van der Waals surface area contributed by atoms with Gasteiger partial charge in [-0.2, -0.15) is 5.10 Å². The Morgan fingerprint density at radius 3 is 2.65 bits per heavy atom. The first-order valence-electron chi connectivity index (χ1n) is 6.24. The van der Waals surface area contributed by atoms with Crippen LogP contribution in [0.1, 0.15) is 17.0 Å². The molecule has 0 unspecified atom stereocenters. The van der Waals surface area contributed by atoms with Gasteiger partial charge in [-0.05, 0) is 44.5 Å². The number of rotatable bonds is 3. The van der Waals surface area contributed by atoms with Crippen molar-refractivity contribution in [1.82, 2.24) is 9.78 Å². The number of nitrogens with zero attached hydrogens (tertiary/aromatic N) is 2. The van der Waals surface area contributed by atoms with Crippen LogP contribution in [0, 0.1) is 20.8 Å². The summed E-state index contributed by atoms with van der Waals surface area (Å²) in [5, 5.41) is 7.50. The normalized spacial score (nSPS) is 10.6. The monoisotopic (exact) mass is 292 g/mol. The molecule has 1 aromatic heterocycles. The van der Waals surface area contributed by atoms with Gasteiger partial charge in [0.1, 0.15) is 6.54 Å². The number of halogens is 1. The van der Waals surface area contributed by atoms with Crippen LogP contribution in [0.2, 0.25) is 5.02 Å². The lowest BCUT2D eigenvalue weighted by Gasteiger charge is -2.09. The molecule has 5 nitrogen and oxygen atoms in total. The number of nitrogens with one attached hydrogen (secondary N) is 1. The zero-order valence-corrected chi connectivity index (χ0v) is 12.5.